The van der Waals surface area contributed by atoms with Crippen molar-refractivity contribution < 1.29 is 8.78 Å². The number of hydrogen-bond acceptors (Lipinski definition) is 3. The number of fused-ring (bicyclic) bond motifs is 1. The molecule has 0 aliphatic carbocycles. The number of imidazole rings is 1. The van der Waals surface area contributed by atoms with Crippen LogP contribution in [0.2, 0.25) is 0 Å². The van der Waals surface area contributed by atoms with Gasteiger partial charge in [-0.05, 0) is 30.7 Å². The van der Waals surface area contributed by atoms with E-state index < -0.39 is 11.6 Å². The predicted molar refractivity (Wildman–Crippen MR) is 75.6 cm³/mol. The van der Waals surface area contributed by atoms with Gasteiger partial charge in [-0.3, -0.25) is 4.57 Å². The van der Waals surface area contributed by atoms with Gasteiger partial charge < -0.3 is 5.73 Å². The number of nitrogen functional groups attached to an aromatic ring is 1. The summed E-state index contributed by atoms with van der Waals surface area (Å²) in [5.74, 6) is -1.51. The first kappa shape index (κ1) is 13.0. The van der Waals surface area contributed by atoms with Crippen LogP contribution in [0.4, 0.5) is 14.7 Å². The predicted octanol–water partition coefficient (Wildman–Crippen LogP) is 3.35. The van der Waals surface area contributed by atoms with Crippen molar-refractivity contribution in [1.82, 2.24) is 14.5 Å². The van der Waals surface area contributed by atoms with E-state index in [0.717, 1.165) is 17.7 Å². The molecule has 2 heterocycles. The van der Waals surface area contributed by atoms with Gasteiger partial charge in [-0.15, -0.1) is 0 Å². The van der Waals surface area contributed by atoms with Crippen molar-refractivity contribution in [3.05, 3.63) is 46.1 Å². The van der Waals surface area contributed by atoms with Crippen LogP contribution in [0.5, 0.6) is 0 Å². The lowest BCUT2D eigenvalue weighted by atomic mass is 10.2. The summed E-state index contributed by atoms with van der Waals surface area (Å²) in [4.78, 5) is 8.25. The van der Waals surface area contributed by atoms with Gasteiger partial charge in [0, 0.05) is 10.7 Å². The Morgan fingerprint density at radius 1 is 1.20 bits per heavy atom. The van der Waals surface area contributed by atoms with E-state index in [0.29, 0.717) is 15.6 Å². The SMILES string of the molecule is Cc1cnc2c(c1)nc(N)n2-c1c(F)cc(Br)cc1F. The fraction of sp³-hybridized carbons (Fsp3) is 0.0769. The molecule has 0 aliphatic rings. The van der Waals surface area contributed by atoms with E-state index in [2.05, 4.69) is 25.9 Å². The normalized spacial score (nSPS) is 11.2. The summed E-state index contributed by atoms with van der Waals surface area (Å²) in [5, 5.41) is 0. The second kappa shape index (κ2) is 4.52. The van der Waals surface area contributed by atoms with Gasteiger partial charge >= 0.3 is 0 Å². The Bertz CT molecular complexity index is 806. The van der Waals surface area contributed by atoms with Gasteiger partial charge in [-0.25, -0.2) is 18.7 Å². The molecule has 0 amide bonds. The van der Waals surface area contributed by atoms with Crippen LogP contribution >= 0.6 is 15.9 Å². The molecule has 0 bridgehead atoms. The van der Waals surface area contributed by atoms with E-state index >= 15 is 0 Å². The summed E-state index contributed by atoms with van der Waals surface area (Å²) < 4.78 is 29.6. The molecule has 0 saturated carbocycles. The lowest BCUT2D eigenvalue weighted by Gasteiger charge is -2.09. The Morgan fingerprint density at radius 3 is 2.50 bits per heavy atom. The van der Waals surface area contributed by atoms with Crippen LogP contribution in [0.3, 0.4) is 0 Å². The number of hydrogen-bond donors (Lipinski definition) is 1. The van der Waals surface area contributed by atoms with Crippen molar-refractivity contribution in [3.8, 4) is 5.69 Å². The summed E-state index contributed by atoms with van der Waals surface area (Å²) >= 11 is 3.04. The molecular weight excluding hydrogens is 330 g/mol. The Balaban J connectivity index is 2.38. The highest BCUT2D eigenvalue weighted by molar-refractivity contribution is 9.10. The zero-order chi connectivity index (χ0) is 14.4. The maximum atomic E-state index is 14.1. The van der Waals surface area contributed by atoms with Crippen LogP contribution < -0.4 is 5.73 Å². The molecule has 3 rings (SSSR count). The van der Waals surface area contributed by atoms with Gasteiger partial charge in [0.1, 0.15) is 11.2 Å². The molecule has 2 N–H and O–H groups in total. The summed E-state index contributed by atoms with van der Waals surface area (Å²) in [6, 6.07) is 4.08. The molecule has 1 aromatic carbocycles. The van der Waals surface area contributed by atoms with Crippen molar-refractivity contribution in [2.45, 2.75) is 6.92 Å². The number of anilines is 1. The molecule has 102 valence electrons. The van der Waals surface area contributed by atoms with E-state index in [1.54, 1.807) is 12.3 Å². The summed E-state index contributed by atoms with van der Waals surface area (Å²) in [6.45, 7) is 1.85. The lowest BCUT2D eigenvalue weighted by molar-refractivity contribution is 0.570. The van der Waals surface area contributed by atoms with Crippen molar-refractivity contribution >= 4 is 33.0 Å². The molecule has 0 saturated heterocycles. The smallest absolute Gasteiger partial charge is 0.207 e. The van der Waals surface area contributed by atoms with Gasteiger partial charge in [0.25, 0.3) is 0 Å². The molecular formula is C13H9BrF2N4. The third-order valence-corrected chi connectivity index (χ3v) is 3.32. The fourth-order valence-corrected chi connectivity index (χ4v) is 2.45. The lowest BCUT2D eigenvalue weighted by Crippen LogP contribution is -2.06. The number of halogens is 3. The van der Waals surface area contributed by atoms with Crippen molar-refractivity contribution in [3.63, 3.8) is 0 Å². The largest absolute Gasteiger partial charge is 0.369 e. The molecule has 0 aliphatic heterocycles. The molecule has 0 unspecified atom stereocenters. The minimum absolute atomic E-state index is 0.0155. The highest BCUT2D eigenvalue weighted by atomic mass is 79.9. The number of nitrogens with zero attached hydrogens (tertiary/aromatic N) is 3. The average molecular weight is 339 g/mol. The number of rotatable bonds is 1. The fourth-order valence-electron chi connectivity index (χ4n) is 2.05. The molecule has 0 fully saturated rings. The van der Waals surface area contributed by atoms with E-state index in [-0.39, 0.29) is 11.6 Å². The van der Waals surface area contributed by atoms with Crippen molar-refractivity contribution in [2.75, 3.05) is 5.73 Å². The quantitative estimate of drug-likeness (QED) is 0.740. The van der Waals surface area contributed by atoms with Crippen molar-refractivity contribution in [1.29, 1.82) is 0 Å². The number of aryl methyl sites for hydroxylation is 1. The monoisotopic (exact) mass is 338 g/mol. The van der Waals surface area contributed by atoms with E-state index in [4.69, 9.17) is 5.73 Å². The molecule has 7 heteroatoms. The Morgan fingerprint density at radius 2 is 1.85 bits per heavy atom. The van der Waals surface area contributed by atoms with Crippen LogP contribution in [0.15, 0.2) is 28.9 Å². The molecule has 0 radical (unpaired) electrons. The van der Waals surface area contributed by atoms with Gasteiger partial charge in [0.05, 0.1) is 0 Å². The van der Waals surface area contributed by atoms with E-state index in [9.17, 15) is 8.78 Å². The highest BCUT2D eigenvalue weighted by Gasteiger charge is 2.19. The Hall–Kier alpha value is -2.02. The zero-order valence-electron chi connectivity index (χ0n) is 10.4. The number of nitrogens with two attached hydrogens (primary N) is 1. The van der Waals surface area contributed by atoms with Crippen LogP contribution in [0.25, 0.3) is 16.9 Å². The molecule has 0 spiro atoms. The minimum Gasteiger partial charge on any atom is -0.369 e. The van der Waals surface area contributed by atoms with Gasteiger partial charge in [-0.1, -0.05) is 15.9 Å². The molecule has 3 aromatic rings. The first-order valence-corrected chi connectivity index (χ1v) is 6.52. The maximum Gasteiger partial charge on any atom is 0.207 e. The first-order chi connectivity index (χ1) is 9.47. The van der Waals surface area contributed by atoms with Crippen LogP contribution in [-0.2, 0) is 0 Å². The van der Waals surface area contributed by atoms with Gasteiger partial charge in [-0.2, -0.15) is 0 Å². The molecule has 0 atom stereocenters. The molecule has 2 aromatic heterocycles. The van der Waals surface area contributed by atoms with Gasteiger partial charge in [0.2, 0.25) is 5.95 Å². The number of aromatic nitrogens is 3. The average Bonchev–Trinajstić information content (AvgIpc) is 2.64. The van der Waals surface area contributed by atoms with E-state index in [1.165, 1.54) is 4.57 Å². The maximum absolute atomic E-state index is 14.1. The molecule has 20 heavy (non-hydrogen) atoms. The van der Waals surface area contributed by atoms with E-state index in [1.807, 2.05) is 6.92 Å². The van der Waals surface area contributed by atoms with Crippen LogP contribution in [-0.4, -0.2) is 14.5 Å². The van der Waals surface area contributed by atoms with Crippen LogP contribution in [0.1, 0.15) is 5.56 Å². The summed E-state index contributed by atoms with van der Waals surface area (Å²) in [7, 11) is 0. The second-order valence-electron chi connectivity index (χ2n) is 4.38. The topological polar surface area (TPSA) is 56.7 Å². The number of pyridine rings is 1. The standard InChI is InChI=1S/C13H9BrF2N4/c1-6-2-10-12(18-5-6)20(13(17)19-10)11-8(15)3-7(14)4-9(11)16/h2-5H,1H3,(H2,17,19). The first-order valence-electron chi connectivity index (χ1n) is 5.73. The zero-order valence-corrected chi connectivity index (χ0v) is 11.9. The number of benzene rings is 1. The Labute approximate surface area is 121 Å². The summed E-state index contributed by atoms with van der Waals surface area (Å²) in [5.41, 5.74) is 7.18. The minimum atomic E-state index is -0.745. The molecule has 4 nitrogen and oxygen atoms in total. The summed E-state index contributed by atoms with van der Waals surface area (Å²) in [6.07, 6.45) is 1.59. The third-order valence-electron chi connectivity index (χ3n) is 2.87. The van der Waals surface area contributed by atoms with Crippen molar-refractivity contribution in [2.24, 2.45) is 0 Å². The second-order valence-corrected chi connectivity index (χ2v) is 5.29. The highest BCUT2D eigenvalue weighted by Crippen LogP contribution is 2.28. The van der Waals surface area contributed by atoms with Gasteiger partial charge in [0.15, 0.2) is 17.3 Å². The Kier molecular flexibility index (Phi) is 2.93. The van der Waals surface area contributed by atoms with Crippen LogP contribution in [0, 0.1) is 18.6 Å². The third kappa shape index (κ3) is 1.94.